The fourth-order valence-corrected chi connectivity index (χ4v) is 4.54. The standard InChI is InChI=1S/C22H27N5O2S/c1-26-19-10-6-5-9-17(19)24-22(26)18(11-12-30-2)23-20(28)14-27-21(29)13-15-7-3-4-8-16(15)25-27/h5-6,9-10,13,18H,3-4,7-8,11-12,14H2,1-2H3,(H,23,28). The Morgan fingerprint density at radius 2 is 2.07 bits per heavy atom. The van der Waals surface area contributed by atoms with Crippen molar-refractivity contribution < 1.29 is 4.79 Å². The van der Waals surface area contributed by atoms with Crippen molar-refractivity contribution in [1.29, 1.82) is 0 Å². The van der Waals surface area contributed by atoms with Crippen LogP contribution < -0.4 is 10.9 Å². The normalized spacial score (nSPS) is 14.5. The molecule has 0 saturated heterocycles. The predicted octanol–water partition coefficient (Wildman–Crippen LogP) is 2.62. The molecule has 1 aliphatic carbocycles. The second-order valence-electron chi connectivity index (χ2n) is 7.74. The van der Waals surface area contributed by atoms with Gasteiger partial charge in [0.15, 0.2) is 0 Å². The number of rotatable bonds is 7. The van der Waals surface area contributed by atoms with Crippen molar-refractivity contribution in [3.8, 4) is 0 Å². The first kappa shape index (κ1) is 20.7. The lowest BCUT2D eigenvalue weighted by Crippen LogP contribution is -2.37. The lowest BCUT2D eigenvalue weighted by atomic mass is 9.97. The van der Waals surface area contributed by atoms with Crippen LogP contribution in [0.3, 0.4) is 0 Å². The van der Waals surface area contributed by atoms with Gasteiger partial charge in [0.05, 0.1) is 22.8 Å². The van der Waals surface area contributed by atoms with Gasteiger partial charge in [-0.3, -0.25) is 9.59 Å². The van der Waals surface area contributed by atoms with Crippen LogP contribution in [-0.2, 0) is 31.2 Å². The van der Waals surface area contributed by atoms with Crippen molar-refractivity contribution in [3.05, 3.63) is 57.8 Å². The average Bonchev–Trinajstić information content (AvgIpc) is 3.08. The van der Waals surface area contributed by atoms with E-state index in [9.17, 15) is 9.59 Å². The van der Waals surface area contributed by atoms with Crippen LogP contribution in [0.15, 0.2) is 35.1 Å². The molecular formula is C22H27N5O2S. The predicted molar refractivity (Wildman–Crippen MR) is 120 cm³/mol. The summed E-state index contributed by atoms with van der Waals surface area (Å²) in [5.41, 5.74) is 3.70. The van der Waals surface area contributed by atoms with Crippen LogP contribution >= 0.6 is 11.8 Å². The van der Waals surface area contributed by atoms with Crippen LogP contribution in [0.1, 0.15) is 42.4 Å². The summed E-state index contributed by atoms with van der Waals surface area (Å²) in [7, 11) is 1.97. The number of nitrogens with one attached hydrogen (secondary N) is 1. The Morgan fingerprint density at radius 3 is 2.87 bits per heavy atom. The topological polar surface area (TPSA) is 81.8 Å². The molecule has 0 fully saturated rings. The number of hydrogen-bond acceptors (Lipinski definition) is 5. The molecule has 1 atom stereocenters. The van der Waals surface area contributed by atoms with Crippen molar-refractivity contribution in [2.75, 3.05) is 12.0 Å². The first-order chi connectivity index (χ1) is 14.6. The smallest absolute Gasteiger partial charge is 0.267 e. The Labute approximate surface area is 179 Å². The molecule has 2 aromatic heterocycles. The van der Waals surface area contributed by atoms with Gasteiger partial charge in [-0.2, -0.15) is 16.9 Å². The summed E-state index contributed by atoms with van der Waals surface area (Å²) in [6.45, 7) is -0.0776. The van der Waals surface area contributed by atoms with Crippen molar-refractivity contribution in [3.63, 3.8) is 0 Å². The maximum absolute atomic E-state index is 12.9. The quantitative estimate of drug-likeness (QED) is 0.629. The fraction of sp³-hybridized carbons (Fsp3) is 0.455. The number of aromatic nitrogens is 4. The maximum Gasteiger partial charge on any atom is 0.267 e. The highest BCUT2D eigenvalue weighted by Crippen LogP contribution is 2.23. The minimum Gasteiger partial charge on any atom is -0.345 e. The second-order valence-corrected chi connectivity index (χ2v) is 8.72. The van der Waals surface area contributed by atoms with Gasteiger partial charge in [-0.25, -0.2) is 9.67 Å². The molecule has 1 aromatic carbocycles. The van der Waals surface area contributed by atoms with Crippen molar-refractivity contribution in [2.45, 2.75) is 44.7 Å². The SMILES string of the molecule is CSCCC(NC(=O)Cn1nc2c(cc1=O)CCCC2)c1nc2ccccc2n1C. The zero-order valence-corrected chi connectivity index (χ0v) is 18.2. The van der Waals surface area contributed by atoms with Gasteiger partial charge in [0.1, 0.15) is 12.4 Å². The molecule has 158 valence electrons. The minimum absolute atomic E-state index is 0.0776. The van der Waals surface area contributed by atoms with E-state index >= 15 is 0 Å². The van der Waals surface area contributed by atoms with Crippen LogP contribution in [-0.4, -0.2) is 37.2 Å². The van der Waals surface area contributed by atoms with E-state index in [1.54, 1.807) is 17.8 Å². The molecule has 1 amide bonds. The van der Waals surface area contributed by atoms with Crippen LogP contribution in [0.5, 0.6) is 0 Å². The number of aryl methyl sites for hydroxylation is 3. The van der Waals surface area contributed by atoms with Gasteiger partial charge in [0, 0.05) is 13.1 Å². The molecule has 0 aliphatic heterocycles. The van der Waals surface area contributed by atoms with Crippen LogP contribution in [0.2, 0.25) is 0 Å². The van der Waals surface area contributed by atoms with Gasteiger partial charge < -0.3 is 9.88 Å². The van der Waals surface area contributed by atoms with E-state index in [0.717, 1.165) is 66.0 Å². The van der Waals surface area contributed by atoms with Gasteiger partial charge in [0.2, 0.25) is 5.91 Å². The monoisotopic (exact) mass is 425 g/mol. The largest absolute Gasteiger partial charge is 0.345 e. The average molecular weight is 426 g/mol. The van der Waals surface area contributed by atoms with Gasteiger partial charge in [-0.1, -0.05) is 12.1 Å². The molecule has 0 saturated carbocycles. The molecule has 1 N–H and O–H groups in total. The summed E-state index contributed by atoms with van der Waals surface area (Å²) >= 11 is 1.73. The Kier molecular flexibility index (Phi) is 6.22. The number of hydrogen-bond donors (Lipinski definition) is 1. The van der Waals surface area contributed by atoms with Gasteiger partial charge in [-0.15, -0.1) is 0 Å². The minimum atomic E-state index is -0.226. The molecule has 1 aliphatic rings. The highest BCUT2D eigenvalue weighted by molar-refractivity contribution is 7.98. The van der Waals surface area contributed by atoms with Crippen molar-refractivity contribution in [1.82, 2.24) is 24.6 Å². The molecule has 1 unspecified atom stereocenters. The number of amides is 1. The number of thioether (sulfide) groups is 1. The van der Waals surface area contributed by atoms with Gasteiger partial charge in [-0.05, 0) is 61.8 Å². The second kappa shape index (κ2) is 9.04. The molecule has 0 bridgehead atoms. The highest BCUT2D eigenvalue weighted by atomic mass is 32.2. The number of para-hydroxylation sites is 2. The Morgan fingerprint density at radius 1 is 1.27 bits per heavy atom. The molecule has 0 spiro atoms. The molecule has 8 heteroatoms. The maximum atomic E-state index is 12.9. The van der Waals surface area contributed by atoms with Crippen LogP contribution in [0.4, 0.5) is 0 Å². The van der Waals surface area contributed by atoms with Crippen molar-refractivity contribution >= 4 is 28.7 Å². The first-order valence-corrected chi connectivity index (χ1v) is 11.8. The molecule has 4 rings (SSSR count). The summed E-state index contributed by atoms with van der Waals surface area (Å²) in [5.74, 6) is 1.49. The molecule has 2 heterocycles. The lowest BCUT2D eigenvalue weighted by Gasteiger charge is -2.19. The van der Waals surface area contributed by atoms with E-state index in [4.69, 9.17) is 4.98 Å². The number of nitrogens with zero attached hydrogens (tertiary/aromatic N) is 4. The molecule has 0 radical (unpaired) electrons. The van der Waals surface area contributed by atoms with Crippen molar-refractivity contribution in [2.24, 2.45) is 7.05 Å². The number of benzene rings is 1. The van der Waals surface area contributed by atoms with E-state index in [0.29, 0.717) is 0 Å². The van der Waals surface area contributed by atoms with E-state index < -0.39 is 0 Å². The van der Waals surface area contributed by atoms with Gasteiger partial charge >= 0.3 is 0 Å². The summed E-state index contributed by atoms with van der Waals surface area (Å²) in [4.78, 5) is 30.0. The molecule has 7 nitrogen and oxygen atoms in total. The van der Waals surface area contributed by atoms with Crippen LogP contribution in [0.25, 0.3) is 11.0 Å². The first-order valence-electron chi connectivity index (χ1n) is 10.4. The summed E-state index contributed by atoms with van der Waals surface area (Å²) in [6.07, 6.45) is 6.74. The Balaban J connectivity index is 1.55. The van der Waals surface area contributed by atoms with Crippen LogP contribution in [0, 0.1) is 0 Å². The third-order valence-corrected chi connectivity index (χ3v) is 6.29. The van der Waals surface area contributed by atoms with Gasteiger partial charge in [0.25, 0.3) is 5.56 Å². The zero-order chi connectivity index (χ0) is 21.1. The number of imidazole rings is 1. The fourth-order valence-electron chi connectivity index (χ4n) is 4.07. The molecular weight excluding hydrogens is 398 g/mol. The molecule has 3 aromatic rings. The Bertz CT molecular complexity index is 1120. The summed E-state index contributed by atoms with van der Waals surface area (Å²) in [6, 6.07) is 9.36. The highest BCUT2D eigenvalue weighted by Gasteiger charge is 2.22. The lowest BCUT2D eigenvalue weighted by molar-refractivity contribution is -0.122. The number of carbonyl (C=O) groups excluding carboxylic acids is 1. The number of carbonyl (C=O) groups is 1. The zero-order valence-electron chi connectivity index (χ0n) is 17.4. The van der Waals surface area contributed by atoms with E-state index in [-0.39, 0.29) is 24.1 Å². The molecule has 30 heavy (non-hydrogen) atoms. The van der Waals surface area contributed by atoms with E-state index in [1.807, 2.05) is 42.1 Å². The third-order valence-electron chi connectivity index (χ3n) is 5.65. The van der Waals surface area contributed by atoms with E-state index in [1.165, 1.54) is 4.68 Å². The summed E-state index contributed by atoms with van der Waals surface area (Å²) in [5, 5.41) is 7.56. The summed E-state index contributed by atoms with van der Waals surface area (Å²) < 4.78 is 3.32. The Hall–Kier alpha value is -2.61. The number of fused-ring (bicyclic) bond motifs is 2. The van der Waals surface area contributed by atoms with E-state index in [2.05, 4.69) is 10.4 Å². The third kappa shape index (κ3) is 4.28.